The second kappa shape index (κ2) is 8.19. The van der Waals surface area contributed by atoms with E-state index in [9.17, 15) is 4.79 Å². The fourth-order valence-electron chi connectivity index (χ4n) is 3.39. The Balaban J connectivity index is 1.74. The fourth-order valence-corrected chi connectivity index (χ4v) is 3.39. The van der Waals surface area contributed by atoms with E-state index in [0.29, 0.717) is 5.90 Å². The normalized spacial score (nSPS) is 24.8. The maximum absolute atomic E-state index is 12.0. The molecule has 0 aliphatic carbocycles. The number of nitrogens with zero attached hydrogens (tertiary/aromatic N) is 2. The van der Waals surface area contributed by atoms with Gasteiger partial charge in [-0.25, -0.2) is 0 Å². The zero-order valence-electron chi connectivity index (χ0n) is 14.9. The number of hydrogen-bond donors (Lipinski definition) is 0. The number of benzene rings is 1. The van der Waals surface area contributed by atoms with E-state index in [-0.39, 0.29) is 24.2 Å². The monoisotopic (exact) mass is 342 g/mol. The smallest absolute Gasteiger partial charge is 0.258 e. The van der Waals surface area contributed by atoms with Crippen LogP contribution in [0.15, 0.2) is 47.8 Å². The van der Waals surface area contributed by atoms with Crippen molar-refractivity contribution in [2.45, 2.75) is 64.2 Å². The number of carbonyl (C=O) groups is 1. The molecule has 0 bridgehead atoms. The van der Waals surface area contributed by atoms with Gasteiger partial charge in [-0.15, -0.1) is 0 Å². The summed E-state index contributed by atoms with van der Waals surface area (Å²) in [6, 6.07) is 9.69. The van der Waals surface area contributed by atoms with Crippen LogP contribution in [-0.4, -0.2) is 35.0 Å². The number of amides is 1. The summed E-state index contributed by atoms with van der Waals surface area (Å²) in [7, 11) is 0. The molecule has 2 unspecified atom stereocenters. The van der Waals surface area contributed by atoms with Crippen molar-refractivity contribution in [1.29, 1.82) is 0 Å². The van der Waals surface area contributed by atoms with Crippen LogP contribution in [0.1, 0.15) is 51.5 Å². The summed E-state index contributed by atoms with van der Waals surface area (Å²) in [5, 5.41) is 4.20. The molecule has 0 fully saturated rings. The van der Waals surface area contributed by atoms with Crippen LogP contribution in [-0.2, 0) is 14.4 Å². The van der Waals surface area contributed by atoms with Gasteiger partial charge >= 0.3 is 0 Å². The van der Waals surface area contributed by atoms with Crippen molar-refractivity contribution in [3.8, 4) is 0 Å². The fraction of sp³-hybridized carbons (Fsp3) is 0.500. The molecule has 3 rings (SSSR count). The third-order valence-corrected chi connectivity index (χ3v) is 4.74. The molecule has 25 heavy (non-hydrogen) atoms. The van der Waals surface area contributed by atoms with E-state index in [0.717, 1.165) is 18.4 Å². The predicted octanol–water partition coefficient (Wildman–Crippen LogP) is 3.85. The Morgan fingerprint density at radius 2 is 2.00 bits per heavy atom. The largest absolute Gasteiger partial charge is 0.463 e. The van der Waals surface area contributed by atoms with Gasteiger partial charge in [0.2, 0.25) is 5.91 Å². The second-order valence-corrected chi connectivity index (χ2v) is 6.60. The highest BCUT2D eigenvalue weighted by atomic mass is 16.7. The first-order chi connectivity index (χ1) is 12.2. The van der Waals surface area contributed by atoms with Crippen molar-refractivity contribution in [2.24, 2.45) is 5.16 Å². The maximum Gasteiger partial charge on any atom is 0.258 e. The van der Waals surface area contributed by atoms with Crippen LogP contribution < -0.4 is 0 Å². The van der Waals surface area contributed by atoms with E-state index in [1.165, 1.54) is 19.3 Å². The highest BCUT2D eigenvalue weighted by Gasteiger charge is 2.42. The standard InChI is InChI=1S/C20H26N2O3/c1-3-4-5-9-12-17-19-18(13-14-22(17)15(2)23)24-20(21-25-19)16-10-7-6-8-11-16/h6-8,10-11,13-14,17-19H,3-5,9,12H2,1-2H3/t17?,18?,19-/m0/s1. The van der Waals surface area contributed by atoms with E-state index >= 15 is 0 Å². The number of rotatable bonds is 6. The SMILES string of the molecule is CCCCCCC1[C@@H]2ON=C(c3ccccc3)OC2C=CN1C(C)=O. The molecule has 2 heterocycles. The molecular formula is C20H26N2O3. The molecule has 0 radical (unpaired) electrons. The molecule has 5 nitrogen and oxygen atoms in total. The van der Waals surface area contributed by atoms with Gasteiger partial charge in [-0.2, -0.15) is 0 Å². The van der Waals surface area contributed by atoms with Gasteiger partial charge in [-0.3, -0.25) is 4.79 Å². The Labute approximate surface area is 149 Å². The third kappa shape index (κ3) is 4.03. The van der Waals surface area contributed by atoms with Crippen LogP contribution in [0.5, 0.6) is 0 Å². The number of carbonyl (C=O) groups excluding carboxylic acids is 1. The lowest BCUT2D eigenvalue weighted by Gasteiger charge is -2.41. The Kier molecular flexibility index (Phi) is 5.74. The minimum atomic E-state index is -0.261. The van der Waals surface area contributed by atoms with Crippen molar-refractivity contribution >= 4 is 11.8 Å². The molecule has 0 saturated heterocycles. The second-order valence-electron chi connectivity index (χ2n) is 6.60. The zero-order chi connectivity index (χ0) is 17.6. The van der Waals surface area contributed by atoms with Crippen LogP contribution in [0.2, 0.25) is 0 Å². The van der Waals surface area contributed by atoms with Crippen LogP contribution in [0.4, 0.5) is 0 Å². The lowest BCUT2D eigenvalue weighted by atomic mass is 9.94. The molecule has 1 aromatic carbocycles. The molecule has 2 aliphatic heterocycles. The first-order valence-corrected chi connectivity index (χ1v) is 9.14. The minimum Gasteiger partial charge on any atom is -0.463 e. The number of hydrogen-bond acceptors (Lipinski definition) is 4. The van der Waals surface area contributed by atoms with Crippen molar-refractivity contribution in [3.63, 3.8) is 0 Å². The van der Waals surface area contributed by atoms with Crippen molar-refractivity contribution in [3.05, 3.63) is 48.2 Å². The van der Waals surface area contributed by atoms with Gasteiger partial charge in [0.25, 0.3) is 5.90 Å². The quantitative estimate of drug-likeness (QED) is 0.738. The maximum atomic E-state index is 12.0. The predicted molar refractivity (Wildman–Crippen MR) is 96.9 cm³/mol. The Bertz CT molecular complexity index is 642. The highest BCUT2D eigenvalue weighted by Crippen LogP contribution is 2.29. The van der Waals surface area contributed by atoms with Crippen molar-refractivity contribution in [1.82, 2.24) is 4.90 Å². The summed E-state index contributed by atoms with van der Waals surface area (Å²) in [6.07, 6.45) is 8.78. The summed E-state index contributed by atoms with van der Waals surface area (Å²) in [5.41, 5.74) is 0.892. The van der Waals surface area contributed by atoms with Crippen LogP contribution in [0.3, 0.4) is 0 Å². The average molecular weight is 342 g/mol. The summed E-state index contributed by atoms with van der Waals surface area (Å²) in [5.74, 6) is 0.518. The number of ether oxygens (including phenoxy) is 1. The van der Waals surface area contributed by atoms with Crippen LogP contribution in [0.25, 0.3) is 0 Å². The van der Waals surface area contributed by atoms with Crippen LogP contribution >= 0.6 is 0 Å². The van der Waals surface area contributed by atoms with Gasteiger partial charge in [-0.1, -0.05) is 50.8 Å². The number of oxime groups is 1. The first-order valence-electron chi connectivity index (χ1n) is 9.14. The molecular weight excluding hydrogens is 316 g/mol. The molecule has 5 heteroatoms. The number of fused-ring (bicyclic) bond motifs is 1. The zero-order valence-corrected chi connectivity index (χ0v) is 14.9. The Morgan fingerprint density at radius 1 is 1.20 bits per heavy atom. The summed E-state index contributed by atoms with van der Waals surface area (Å²) in [4.78, 5) is 19.6. The van der Waals surface area contributed by atoms with Gasteiger partial charge < -0.3 is 14.5 Å². The lowest BCUT2D eigenvalue weighted by molar-refractivity contribution is -0.138. The molecule has 0 aromatic heterocycles. The molecule has 2 aliphatic rings. The lowest BCUT2D eigenvalue weighted by Crippen LogP contribution is -2.54. The van der Waals surface area contributed by atoms with Crippen molar-refractivity contribution < 1.29 is 14.4 Å². The van der Waals surface area contributed by atoms with E-state index in [1.807, 2.05) is 42.6 Å². The summed E-state index contributed by atoms with van der Waals surface area (Å²) in [6.45, 7) is 3.78. The average Bonchev–Trinajstić information content (AvgIpc) is 2.65. The molecule has 134 valence electrons. The van der Waals surface area contributed by atoms with Gasteiger partial charge in [0.15, 0.2) is 12.2 Å². The van der Waals surface area contributed by atoms with Crippen LogP contribution in [0, 0.1) is 0 Å². The van der Waals surface area contributed by atoms with Gasteiger partial charge in [0, 0.05) is 18.7 Å². The first kappa shape index (κ1) is 17.5. The van der Waals surface area contributed by atoms with Gasteiger partial charge in [0.05, 0.1) is 6.04 Å². The minimum absolute atomic E-state index is 0.0247. The third-order valence-electron chi connectivity index (χ3n) is 4.74. The highest BCUT2D eigenvalue weighted by molar-refractivity contribution is 5.94. The van der Waals surface area contributed by atoms with Gasteiger partial charge in [-0.05, 0) is 29.8 Å². The van der Waals surface area contributed by atoms with Gasteiger partial charge in [0.1, 0.15) is 0 Å². The van der Waals surface area contributed by atoms with E-state index in [2.05, 4.69) is 12.1 Å². The molecule has 3 atom stereocenters. The van der Waals surface area contributed by atoms with E-state index in [1.54, 1.807) is 11.8 Å². The molecule has 0 saturated carbocycles. The topological polar surface area (TPSA) is 51.1 Å². The number of unbranched alkanes of at least 4 members (excludes halogenated alkanes) is 3. The Morgan fingerprint density at radius 3 is 2.72 bits per heavy atom. The molecule has 1 amide bonds. The van der Waals surface area contributed by atoms with Crippen molar-refractivity contribution in [2.75, 3.05) is 0 Å². The summed E-state index contributed by atoms with van der Waals surface area (Å²) < 4.78 is 6.06. The Hall–Kier alpha value is -2.30. The molecule has 0 N–H and O–H groups in total. The molecule has 0 spiro atoms. The summed E-state index contributed by atoms with van der Waals surface area (Å²) >= 11 is 0. The van der Waals surface area contributed by atoms with E-state index in [4.69, 9.17) is 9.57 Å². The van der Waals surface area contributed by atoms with E-state index < -0.39 is 0 Å². The molecule has 1 aromatic rings.